The van der Waals surface area contributed by atoms with Crippen molar-refractivity contribution >= 4 is 27.4 Å². The van der Waals surface area contributed by atoms with Gasteiger partial charge < -0.3 is 4.74 Å². The van der Waals surface area contributed by atoms with Crippen molar-refractivity contribution in [2.75, 3.05) is 12.9 Å². The predicted molar refractivity (Wildman–Crippen MR) is 70.1 cm³/mol. The molecule has 7 heteroatoms. The van der Waals surface area contributed by atoms with Gasteiger partial charge in [0.2, 0.25) is 0 Å². The molecule has 0 aliphatic rings. The van der Waals surface area contributed by atoms with Crippen LogP contribution in [0.4, 0.5) is 4.39 Å². The van der Waals surface area contributed by atoms with Crippen LogP contribution in [-0.4, -0.2) is 27.2 Å². The van der Waals surface area contributed by atoms with E-state index in [2.05, 4.69) is 4.74 Å². The Labute approximate surface area is 116 Å². The summed E-state index contributed by atoms with van der Waals surface area (Å²) in [7, 11) is -2.48. The van der Waals surface area contributed by atoms with E-state index in [0.29, 0.717) is 0 Å². The molecule has 0 aromatic heterocycles. The first-order valence-electron chi connectivity index (χ1n) is 5.48. The molecule has 0 bridgehead atoms. The highest BCUT2D eigenvalue weighted by molar-refractivity contribution is 7.90. The molecule has 106 valence electrons. The average Bonchev–Trinajstić information content (AvgIpc) is 2.32. The Bertz CT molecular complexity index is 551. The Hall–Kier alpha value is -1.14. The van der Waals surface area contributed by atoms with Crippen LogP contribution in [0.1, 0.15) is 12.5 Å². The zero-order valence-electron chi connectivity index (χ0n) is 10.5. The van der Waals surface area contributed by atoms with Crippen LogP contribution in [0.25, 0.3) is 0 Å². The predicted octanol–water partition coefficient (Wildman–Crippen LogP) is 2.20. The summed E-state index contributed by atoms with van der Waals surface area (Å²) < 4.78 is 41.8. The lowest BCUT2D eigenvalue weighted by Gasteiger charge is -2.11. The van der Waals surface area contributed by atoms with Crippen molar-refractivity contribution in [2.24, 2.45) is 5.92 Å². The topological polar surface area (TPSA) is 60.4 Å². The van der Waals surface area contributed by atoms with Crippen LogP contribution >= 0.6 is 11.6 Å². The Kier molecular flexibility index (Phi) is 5.31. The van der Waals surface area contributed by atoms with Crippen molar-refractivity contribution in [1.82, 2.24) is 0 Å². The third-order valence-corrected chi connectivity index (χ3v) is 4.62. The molecule has 0 aliphatic heterocycles. The standard InChI is InChI=1S/C12H14ClFO4S/c1-8(12(15)18-2)6-19(16,17)7-9-10(13)4-3-5-11(9)14/h3-5,8H,6-7H2,1-2H3. The van der Waals surface area contributed by atoms with Gasteiger partial charge in [-0.25, -0.2) is 12.8 Å². The molecule has 1 atom stereocenters. The number of carbonyl (C=O) groups excluding carboxylic acids is 1. The molecule has 0 spiro atoms. The monoisotopic (exact) mass is 308 g/mol. The number of hydrogen-bond acceptors (Lipinski definition) is 4. The van der Waals surface area contributed by atoms with Gasteiger partial charge in [-0.1, -0.05) is 24.6 Å². The van der Waals surface area contributed by atoms with Gasteiger partial charge in [-0.3, -0.25) is 4.79 Å². The van der Waals surface area contributed by atoms with Gasteiger partial charge in [-0.05, 0) is 12.1 Å². The fourth-order valence-corrected chi connectivity index (χ4v) is 3.66. The molecule has 0 radical (unpaired) electrons. The van der Waals surface area contributed by atoms with Crippen LogP contribution in [0.15, 0.2) is 18.2 Å². The summed E-state index contributed by atoms with van der Waals surface area (Å²) in [6, 6.07) is 3.95. The van der Waals surface area contributed by atoms with Gasteiger partial charge >= 0.3 is 5.97 Å². The van der Waals surface area contributed by atoms with Gasteiger partial charge in [0.15, 0.2) is 9.84 Å². The highest BCUT2D eigenvalue weighted by atomic mass is 35.5. The minimum Gasteiger partial charge on any atom is -0.469 e. The summed E-state index contributed by atoms with van der Waals surface area (Å²) in [6.45, 7) is 1.44. The van der Waals surface area contributed by atoms with E-state index in [1.807, 2.05) is 0 Å². The molecule has 1 aromatic carbocycles. The zero-order valence-corrected chi connectivity index (χ0v) is 12.1. The number of halogens is 2. The van der Waals surface area contributed by atoms with E-state index in [9.17, 15) is 17.6 Å². The van der Waals surface area contributed by atoms with E-state index in [1.165, 1.54) is 26.2 Å². The maximum absolute atomic E-state index is 13.5. The Morgan fingerprint density at radius 3 is 2.63 bits per heavy atom. The molecule has 0 saturated carbocycles. The summed E-state index contributed by atoms with van der Waals surface area (Å²) in [5, 5.41) is 0.0503. The number of carbonyl (C=O) groups is 1. The second-order valence-electron chi connectivity index (χ2n) is 4.18. The summed E-state index contributed by atoms with van der Waals surface area (Å²) in [4.78, 5) is 11.2. The number of ether oxygens (including phenoxy) is 1. The van der Waals surface area contributed by atoms with Gasteiger partial charge in [-0.2, -0.15) is 0 Å². The molecule has 0 fully saturated rings. The van der Waals surface area contributed by atoms with Crippen molar-refractivity contribution in [2.45, 2.75) is 12.7 Å². The molecule has 1 rings (SSSR count). The molecule has 19 heavy (non-hydrogen) atoms. The SMILES string of the molecule is COC(=O)C(C)CS(=O)(=O)Cc1c(F)cccc1Cl. The van der Waals surface area contributed by atoms with E-state index in [4.69, 9.17) is 11.6 Å². The van der Waals surface area contributed by atoms with Crippen LogP contribution in [0.5, 0.6) is 0 Å². The minimum absolute atomic E-state index is 0.0503. The van der Waals surface area contributed by atoms with Gasteiger partial charge in [0.25, 0.3) is 0 Å². The number of methoxy groups -OCH3 is 1. The number of hydrogen-bond donors (Lipinski definition) is 0. The van der Waals surface area contributed by atoms with Crippen molar-refractivity contribution in [1.29, 1.82) is 0 Å². The molecule has 1 aromatic rings. The first-order valence-corrected chi connectivity index (χ1v) is 7.68. The van der Waals surface area contributed by atoms with Crippen molar-refractivity contribution < 1.29 is 22.3 Å². The van der Waals surface area contributed by atoms with Crippen LogP contribution in [0, 0.1) is 11.7 Å². The normalized spacial score (nSPS) is 13.1. The fraction of sp³-hybridized carbons (Fsp3) is 0.417. The van der Waals surface area contributed by atoms with Crippen LogP contribution in [-0.2, 0) is 25.1 Å². The molecule has 1 unspecified atom stereocenters. The van der Waals surface area contributed by atoms with Gasteiger partial charge in [0.05, 0.1) is 24.5 Å². The maximum Gasteiger partial charge on any atom is 0.309 e. The Morgan fingerprint density at radius 1 is 1.47 bits per heavy atom. The summed E-state index contributed by atoms with van der Waals surface area (Å²) in [5.41, 5.74) is -0.0822. The number of benzene rings is 1. The quantitative estimate of drug-likeness (QED) is 0.782. The summed E-state index contributed by atoms with van der Waals surface area (Å²) in [5.74, 6) is -3.06. The van der Waals surface area contributed by atoms with E-state index in [-0.39, 0.29) is 10.6 Å². The highest BCUT2D eigenvalue weighted by Crippen LogP contribution is 2.22. The largest absolute Gasteiger partial charge is 0.469 e. The third kappa shape index (κ3) is 4.47. The summed E-state index contributed by atoms with van der Waals surface area (Å²) >= 11 is 5.77. The second-order valence-corrected chi connectivity index (χ2v) is 6.70. The van der Waals surface area contributed by atoms with Crippen LogP contribution in [0.2, 0.25) is 5.02 Å². The third-order valence-electron chi connectivity index (χ3n) is 2.53. The molecule has 4 nitrogen and oxygen atoms in total. The van der Waals surface area contributed by atoms with E-state index < -0.39 is 39.0 Å². The molecular formula is C12H14ClFO4S. The molecular weight excluding hydrogens is 295 g/mol. The lowest BCUT2D eigenvalue weighted by atomic mass is 10.2. The van der Waals surface area contributed by atoms with Crippen molar-refractivity contribution in [3.8, 4) is 0 Å². The van der Waals surface area contributed by atoms with Crippen molar-refractivity contribution in [3.63, 3.8) is 0 Å². The smallest absolute Gasteiger partial charge is 0.309 e. The van der Waals surface area contributed by atoms with Crippen LogP contribution < -0.4 is 0 Å². The zero-order chi connectivity index (χ0) is 14.6. The molecule has 0 N–H and O–H groups in total. The van der Waals surface area contributed by atoms with Crippen molar-refractivity contribution in [3.05, 3.63) is 34.6 Å². The van der Waals surface area contributed by atoms with Crippen LogP contribution in [0.3, 0.4) is 0 Å². The first-order chi connectivity index (χ1) is 8.76. The molecule has 0 heterocycles. The number of sulfone groups is 1. The fourth-order valence-electron chi connectivity index (χ4n) is 1.60. The Balaban J connectivity index is 2.89. The molecule has 0 aliphatic carbocycles. The van der Waals surface area contributed by atoms with Gasteiger partial charge in [-0.15, -0.1) is 0 Å². The number of esters is 1. The maximum atomic E-state index is 13.5. The summed E-state index contributed by atoms with van der Waals surface area (Å²) in [6.07, 6.45) is 0. The lowest BCUT2D eigenvalue weighted by Crippen LogP contribution is -2.23. The minimum atomic E-state index is -3.66. The molecule has 0 amide bonds. The highest BCUT2D eigenvalue weighted by Gasteiger charge is 2.24. The first kappa shape index (κ1) is 15.9. The average molecular weight is 309 g/mol. The van der Waals surface area contributed by atoms with E-state index in [0.717, 1.165) is 6.07 Å². The van der Waals surface area contributed by atoms with Gasteiger partial charge in [0.1, 0.15) is 5.82 Å². The Morgan fingerprint density at radius 2 is 2.11 bits per heavy atom. The van der Waals surface area contributed by atoms with E-state index >= 15 is 0 Å². The number of rotatable bonds is 5. The van der Waals surface area contributed by atoms with E-state index in [1.54, 1.807) is 0 Å². The molecule has 0 saturated heterocycles. The second kappa shape index (κ2) is 6.34. The van der Waals surface area contributed by atoms with Gasteiger partial charge in [0, 0.05) is 10.6 Å². The lowest BCUT2D eigenvalue weighted by molar-refractivity contribution is -0.144.